The molecular formula is C14H22N2O2. The van der Waals surface area contributed by atoms with Gasteiger partial charge in [0, 0.05) is 39.4 Å². The van der Waals surface area contributed by atoms with Crippen LogP contribution < -0.4 is 10.6 Å². The molecule has 1 unspecified atom stereocenters. The molecule has 0 fully saturated rings. The molecule has 0 radical (unpaired) electrons. The first-order valence-electron chi connectivity index (χ1n) is 6.13. The van der Waals surface area contributed by atoms with Crippen LogP contribution in [0, 0.1) is 5.92 Å². The number of carbonyl (C=O) groups is 1. The van der Waals surface area contributed by atoms with Crippen molar-refractivity contribution < 1.29 is 9.53 Å². The molecule has 1 amide bonds. The van der Waals surface area contributed by atoms with Crippen LogP contribution in [-0.4, -0.2) is 26.7 Å². The van der Waals surface area contributed by atoms with Gasteiger partial charge in [-0.25, -0.2) is 0 Å². The molecule has 0 saturated carbocycles. The number of nitrogens with two attached hydrogens (primary N) is 1. The van der Waals surface area contributed by atoms with E-state index in [1.165, 1.54) is 0 Å². The fourth-order valence-corrected chi connectivity index (χ4v) is 1.78. The van der Waals surface area contributed by atoms with Crippen molar-refractivity contribution in [3.8, 4) is 0 Å². The van der Waals surface area contributed by atoms with Crippen molar-refractivity contribution >= 4 is 11.6 Å². The molecule has 0 aliphatic rings. The molecule has 1 rings (SSSR count). The van der Waals surface area contributed by atoms with E-state index in [-0.39, 0.29) is 11.8 Å². The molecule has 2 N–H and O–H groups in total. The zero-order valence-corrected chi connectivity index (χ0v) is 11.3. The average Bonchev–Trinajstić information content (AvgIpc) is 2.38. The summed E-state index contributed by atoms with van der Waals surface area (Å²) in [4.78, 5) is 13.7. The normalized spacial score (nSPS) is 12.2. The van der Waals surface area contributed by atoms with Crippen molar-refractivity contribution in [3.63, 3.8) is 0 Å². The van der Waals surface area contributed by atoms with E-state index in [2.05, 4.69) is 0 Å². The Morgan fingerprint density at radius 2 is 2.00 bits per heavy atom. The van der Waals surface area contributed by atoms with E-state index in [0.717, 1.165) is 11.3 Å². The number of methoxy groups -OCH3 is 1. The van der Waals surface area contributed by atoms with Gasteiger partial charge in [0.05, 0.1) is 0 Å². The molecule has 0 bridgehead atoms. The largest absolute Gasteiger partial charge is 0.384 e. The maximum absolute atomic E-state index is 12.0. The van der Waals surface area contributed by atoms with E-state index in [4.69, 9.17) is 10.5 Å². The Morgan fingerprint density at radius 1 is 1.39 bits per heavy atom. The van der Waals surface area contributed by atoms with Gasteiger partial charge in [-0.1, -0.05) is 19.1 Å². The minimum absolute atomic E-state index is 0.0973. The summed E-state index contributed by atoms with van der Waals surface area (Å²) in [6, 6.07) is 7.72. The van der Waals surface area contributed by atoms with E-state index >= 15 is 0 Å². The Kier molecular flexibility index (Phi) is 5.82. The predicted molar refractivity (Wildman–Crippen MR) is 73.4 cm³/mol. The Morgan fingerprint density at radius 3 is 2.50 bits per heavy atom. The number of hydrogen-bond donors (Lipinski definition) is 1. The molecule has 4 nitrogen and oxygen atoms in total. The van der Waals surface area contributed by atoms with Crippen LogP contribution >= 0.6 is 0 Å². The van der Waals surface area contributed by atoms with Crippen molar-refractivity contribution in [2.45, 2.75) is 19.9 Å². The fourth-order valence-electron chi connectivity index (χ4n) is 1.78. The molecule has 0 saturated heterocycles. The molecule has 100 valence electrons. The summed E-state index contributed by atoms with van der Waals surface area (Å²) >= 11 is 0. The molecular weight excluding hydrogens is 228 g/mol. The van der Waals surface area contributed by atoms with Gasteiger partial charge in [-0.3, -0.25) is 4.79 Å². The second-order valence-electron chi connectivity index (χ2n) is 4.59. The van der Waals surface area contributed by atoms with Crippen LogP contribution in [0.5, 0.6) is 0 Å². The Hall–Kier alpha value is -1.39. The first-order valence-corrected chi connectivity index (χ1v) is 6.13. The Bertz CT molecular complexity index is 376. The highest BCUT2D eigenvalue weighted by Crippen LogP contribution is 2.16. The lowest BCUT2D eigenvalue weighted by Crippen LogP contribution is -2.28. The molecule has 18 heavy (non-hydrogen) atoms. The van der Waals surface area contributed by atoms with E-state index in [0.29, 0.717) is 19.6 Å². The highest BCUT2D eigenvalue weighted by molar-refractivity contribution is 5.92. The SMILES string of the molecule is COCC(C)CC(=O)N(C)c1ccc(CN)cc1. The predicted octanol–water partition coefficient (Wildman–Crippen LogP) is 1.78. The van der Waals surface area contributed by atoms with Crippen LogP contribution in [0.4, 0.5) is 5.69 Å². The third-order valence-corrected chi connectivity index (χ3v) is 2.91. The van der Waals surface area contributed by atoms with Crippen LogP contribution in [0.1, 0.15) is 18.9 Å². The van der Waals surface area contributed by atoms with Crippen molar-refractivity contribution in [1.82, 2.24) is 0 Å². The van der Waals surface area contributed by atoms with Crippen LogP contribution in [0.25, 0.3) is 0 Å². The van der Waals surface area contributed by atoms with E-state index in [1.54, 1.807) is 19.1 Å². The highest BCUT2D eigenvalue weighted by Gasteiger charge is 2.14. The third kappa shape index (κ3) is 4.13. The molecule has 0 heterocycles. The second-order valence-corrected chi connectivity index (χ2v) is 4.59. The number of amides is 1. The molecule has 1 atom stereocenters. The van der Waals surface area contributed by atoms with E-state index < -0.39 is 0 Å². The Balaban J connectivity index is 2.61. The number of carbonyl (C=O) groups excluding carboxylic acids is 1. The van der Waals surface area contributed by atoms with Gasteiger partial charge in [0.2, 0.25) is 5.91 Å². The molecule has 1 aromatic carbocycles. The lowest BCUT2D eigenvalue weighted by molar-refractivity contribution is -0.119. The Labute approximate surface area is 109 Å². The van der Waals surface area contributed by atoms with E-state index in [9.17, 15) is 4.79 Å². The summed E-state index contributed by atoms with van der Waals surface area (Å²) in [5, 5.41) is 0. The zero-order chi connectivity index (χ0) is 13.5. The van der Waals surface area contributed by atoms with E-state index in [1.807, 2.05) is 31.2 Å². The van der Waals surface area contributed by atoms with Crippen LogP contribution in [-0.2, 0) is 16.1 Å². The summed E-state index contributed by atoms with van der Waals surface area (Å²) in [6.45, 7) is 3.13. The van der Waals surface area contributed by atoms with Gasteiger partial charge in [-0.15, -0.1) is 0 Å². The van der Waals surface area contributed by atoms with Crippen molar-refractivity contribution in [3.05, 3.63) is 29.8 Å². The minimum Gasteiger partial charge on any atom is -0.384 e. The van der Waals surface area contributed by atoms with Crippen LogP contribution in [0.2, 0.25) is 0 Å². The molecule has 0 aliphatic heterocycles. The lowest BCUT2D eigenvalue weighted by Gasteiger charge is -2.19. The number of hydrogen-bond acceptors (Lipinski definition) is 3. The summed E-state index contributed by atoms with van der Waals surface area (Å²) in [5.74, 6) is 0.327. The monoisotopic (exact) mass is 250 g/mol. The molecule has 0 spiro atoms. The van der Waals surface area contributed by atoms with Crippen LogP contribution in [0.15, 0.2) is 24.3 Å². The van der Waals surface area contributed by atoms with Gasteiger partial charge in [0.1, 0.15) is 0 Å². The topological polar surface area (TPSA) is 55.6 Å². The van der Waals surface area contributed by atoms with Crippen LogP contribution in [0.3, 0.4) is 0 Å². The van der Waals surface area contributed by atoms with Gasteiger partial charge in [0.25, 0.3) is 0 Å². The maximum atomic E-state index is 12.0. The molecule has 4 heteroatoms. The summed E-state index contributed by atoms with van der Waals surface area (Å²) in [7, 11) is 3.44. The fraction of sp³-hybridized carbons (Fsp3) is 0.500. The molecule has 1 aromatic rings. The number of anilines is 1. The second kappa shape index (κ2) is 7.13. The lowest BCUT2D eigenvalue weighted by atomic mass is 10.1. The zero-order valence-electron chi connectivity index (χ0n) is 11.3. The summed E-state index contributed by atoms with van der Waals surface area (Å²) in [5.41, 5.74) is 7.49. The van der Waals surface area contributed by atoms with Gasteiger partial charge >= 0.3 is 0 Å². The summed E-state index contributed by atoms with van der Waals surface area (Å²) < 4.78 is 5.04. The third-order valence-electron chi connectivity index (χ3n) is 2.91. The quantitative estimate of drug-likeness (QED) is 0.837. The minimum atomic E-state index is 0.0973. The van der Waals surface area contributed by atoms with Gasteiger partial charge in [-0.2, -0.15) is 0 Å². The van der Waals surface area contributed by atoms with Gasteiger partial charge in [0.15, 0.2) is 0 Å². The van der Waals surface area contributed by atoms with Gasteiger partial charge in [-0.05, 0) is 23.6 Å². The summed E-state index contributed by atoms with van der Waals surface area (Å²) in [6.07, 6.45) is 0.489. The number of ether oxygens (including phenoxy) is 1. The first-order chi connectivity index (χ1) is 8.58. The smallest absolute Gasteiger partial charge is 0.227 e. The van der Waals surface area contributed by atoms with Crippen molar-refractivity contribution in [2.24, 2.45) is 11.7 Å². The molecule has 0 aromatic heterocycles. The van der Waals surface area contributed by atoms with Crippen molar-refractivity contribution in [1.29, 1.82) is 0 Å². The number of benzene rings is 1. The maximum Gasteiger partial charge on any atom is 0.227 e. The molecule has 0 aliphatic carbocycles. The number of rotatable bonds is 6. The van der Waals surface area contributed by atoms with Gasteiger partial charge < -0.3 is 15.4 Å². The van der Waals surface area contributed by atoms with Crippen molar-refractivity contribution in [2.75, 3.05) is 25.7 Å². The first kappa shape index (κ1) is 14.7. The highest BCUT2D eigenvalue weighted by atomic mass is 16.5. The number of nitrogens with zero attached hydrogens (tertiary/aromatic N) is 1. The average molecular weight is 250 g/mol. The standard InChI is InChI=1S/C14H22N2O2/c1-11(10-18-3)8-14(17)16(2)13-6-4-12(9-15)5-7-13/h4-7,11H,8-10,15H2,1-3H3.